The number of halogens is 2. The van der Waals surface area contributed by atoms with Gasteiger partial charge in [0.25, 0.3) is 11.8 Å². The van der Waals surface area contributed by atoms with Crippen molar-refractivity contribution in [1.29, 1.82) is 0 Å². The Hall–Kier alpha value is -3.76. The van der Waals surface area contributed by atoms with Crippen molar-refractivity contribution in [3.05, 3.63) is 63.1 Å². The lowest BCUT2D eigenvalue weighted by Crippen LogP contribution is -2.49. The Bertz CT molecular complexity index is 1270. The zero-order valence-electron chi connectivity index (χ0n) is 19.5. The first kappa shape index (κ1) is 24.4. The Morgan fingerprint density at radius 1 is 1.26 bits per heavy atom. The molecule has 4 rings (SSSR count). The van der Waals surface area contributed by atoms with E-state index in [1.165, 1.54) is 16.8 Å². The van der Waals surface area contributed by atoms with Gasteiger partial charge in [-0.1, -0.05) is 11.2 Å². The molecule has 11 heteroatoms. The smallest absolute Gasteiger partial charge is 0.274 e. The first-order valence-corrected chi connectivity index (χ1v) is 11.3. The van der Waals surface area contributed by atoms with Crippen LogP contribution in [-0.2, 0) is 11.4 Å². The van der Waals surface area contributed by atoms with Crippen LogP contribution < -0.4 is 10.7 Å². The van der Waals surface area contributed by atoms with Crippen LogP contribution >= 0.6 is 0 Å². The number of benzene rings is 1. The molecular weight excluding hydrogens is 462 g/mol. The third-order valence-electron chi connectivity index (χ3n) is 6.31. The van der Waals surface area contributed by atoms with Gasteiger partial charge in [0.2, 0.25) is 5.43 Å². The van der Waals surface area contributed by atoms with Crippen LogP contribution in [0.4, 0.5) is 8.78 Å². The largest absolute Gasteiger partial charge is 0.503 e. The molecule has 2 N–H and O–H groups in total. The molecule has 0 spiro atoms. The first-order chi connectivity index (χ1) is 16.6. The summed E-state index contributed by atoms with van der Waals surface area (Å²) in [6, 6.07) is 2.26. The summed E-state index contributed by atoms with van der Waals surface area (Å²) in [6.45, 7) is 5.38. The Morgan fingerprint density at radius 3 is 2.69 bits per heavy atom. The van der Waals surface area contributed by atoms with E-state index in [9.17, 15) is 28.3 Å². The minimum Gasteiger partial charge on any atom is -0.503 e. The normalized spacial score (nSPS) is 21.1. The highest BCUT2D eigenvalue weighted by molar-refractivity contribution is 5.99. The molecule has 9 nitrogen and oxygen atoms in total. The average Bonchev–Trinajstić information content (AvgIpc) is 2.94. The van der Waals surface area contributed by atoms with Crippen molar-refractivity contribution in [3.63, 3.8) is 0 Å². The fraction of sp³-hybridized carbons (Fsp3) is 0.417. The highest BCUT2D eigenvalue weighted by Crippen LogP contribution is 2.35. The van der Waals surface area contributed by atoms with Crippen LogP contribution in [0.2, 0.25) is 0 Å². The number of oxime groups is 1. The Balaban J connectivity index is 1.71. The van der Waals surface area contributed by atoms with Gasteiger partial charge in [-0.3, -0.25) is 14.4 Å². The van der Waals surface area contributed by atoms with Crippen LogP contribution in [0, 0.1) is 11.6 Å². The van der Waals surface area contributed by atoms with Gasteiger partial charge in [-0.2, -0.15) is 0 Å². The summed E-state index contributed by atoms with van der Waals surface area (Å²) in [7, 11) is 0. The summed E-state index contributed by atoms with van der Waals surface area (Å²) in [6.07, 6.45) is 1.93. The SMILES string of the molecule is CC(C)=NOC1CCC(C)N2CC1n1cc(C(=O)NCc3ccc(F)cc3F)c(=O)c(O)c1C2=O. The van der Waals surface area contributed by atoms with E-state index in [2.05, 4.69) is 10.5 Å². The van der Waals surface area contributed by atoms with Crippen LogP contribution in [0.25, 0.3) is 0 Å². The number of carbonyl (C=O) groups is 2. The fourth-order valence-corrected chi connectivity index (χ4v) is 4.43. The maximum Gasteiger partial charge on any atom is 0.274 e. The number of rotatable bonds is 5. The molecule has 0 aliphatic carbocycles. The zero-order valence-corrected chi connectivity index (χ0v) is 19.5. The second-order valence-electron chi connectivity index (χ2n) is 9.03. The van der Waals surface area contributed by atoms with Crippen LogP contribution in [0.1, 0.15) is 66.1 Å². The highest BCUT2D eigenvalue weighted by atomic mass is 19.1. The topological polar surface area (TPSA) is 113 Å². The lowest BCUT2D eigenvalue weighted by Gasteiger charge is -2.38. The maximum atomic E-state index is 13.9. The van der Waals surface area contributed by atoms with Gasteiger partial charge >= 0.3 is 0 Å². The van der Waals surface area contributed by atoms with Gasteiger partial charge in [-0.25, -0.2) is 8.78 Å². The van der Waals surface area contributed by atoms with Gasteiger partial charge in [0.1, 0.15) is 23.3 Å². The highest BCUT2D eigenvalue weighted by Gasteiger charge is 2.43. The number of pyridine rings is 1. The molecule has 3 unspecified atom stereocenters. The second-order valence-corrected chi connectivity index (χ2v) is 9.03. The summed E-state index contributed by atoms with van der Waals surface area (Å²) < 4.78 is 28.5. The number of aromatic nitrogens is 1. The van der Waals surface area contributed by atoms with Crippen molar-refractivity contribution < 1.29 is 28.3 Å². The molecule has 3 atom stereocenters. The van der Waals surface area contributed by atoms with Gasteiger partial charge in [-0.05, 0) is 39.7 Å². The zero-order chi connectivity index (χ0) is 25.4. The molecule has 0 radical (unpaired) electrons. The van der Waals surface area contributed by atoms with Gasteiger partial charge in [0.15, 0.2) is 11.4 Å². The number of hydrogen-bond donors (Lipinski definition) is 2. The molecule has 2 aliphatic rings. The van der Waals surface area contributed by atoms with E-state index in [1.54, 1.807) is 18.7 Å². The summed E-state index contributed by atoms with van der Waals surface area (Å²) in [5.74, 6) is -3.83. The fourth-order valence-electron chi connectivity index (χ4n) is 4.43. The number of carbonyl (C=O) groups excluding carboxylic acids is 2. The standard InChI is InChI=1S/C24H26F2N4O5/c1-12(2)28-35-19-7-4-13(3)29-11-18(19)30-10-16(21(31)22(32)20(30)24(29)34)23(33)27-9-14-5-6-15(25)8-17(14)26/h5-6,8,10,13,18-19,32H,4,7,9,11H2,1-3H3,(H,27,33). The lowest BCUT2D eigenvalue weighted by atomic mass is 10.0. The predicted octanol–water partition coefficient (Wildman–Crippen LogP) is 2.72. The van der Waals surface area contributed by atoms with Crippen LogP contribution in [0.15, 0.2) is 34.3 Å². The Morgan fingerprint density at radius 2 is 2.00 bits per heavy atom. The van der Waals surface area contributed by atoms with E-state index < -0.39 is 52.3 Å². The first-order valence-electron chi connectivity index (χ1n) is 11.3. The summed E-state index contributed by atoms with van der Waals surface area (Å²) >= 11 is 0. The van der Waals surface area contributed by atoms with Crippen LogP contribution in [0.3, 0.4) is 0 Å². The summed E-state index contributed by atoms with van der Waals surface area (Å²) in [5, 5.41) is 17.2. The van der Waals surface area contributed by atoms with E-state index in [0.717, 1.165) is 6.07 Å². The van der Waals surface area contributed by atoms with Crippen LogP contribution in [-0.4, -0.2) is 50.8 Å². The molecule has 2 bridgehead atoms. The number of hydrogen-bond acceptors (Lipinski definition) is 6. The molecule has 0 saturated carbocycles. The molecule has 2 aliphatic heterocycles. The second kappa shape index (κ2) is 9.47. The lowest BCUT2D eigenvalue weighted by molar-refractivity contribution is 0.00772. The van der Waals surface area contributed by atoms with E-state index >= 15 is 0 Å². The van der Waals surface area contributed by atoms with Crippen molar-refractivity contribution in [2.75, 3.05) is 6.54 Å². The van der Waals surface area contributed by atoms with E-state index in [4.69, 9.17) is 4.84 Å². The summed E-state index contributed by atoms with van der Waals surface area (Å²) in [5.41, 5.74) is -0.934. The van der Waals surface area contributed by atoms with Gasteiger partial charge in [-0.15, -0.1) is 0 Å². The molecule has 2 amide bonds. The Labute approximate surface area is 200 Å². The molecule has 3 heterocycles. The molecular formula is C24H26F2N4O5. The van der Waals surface area contributed by atoms with Crippen molar-refractivity contribution >= 4 is 17.5 Å². The van der Waals surface area contributed by atoms with Gasteiger partial charge < -0.3 is 24.7 Å². The molecule has 1 aromatic carbocycles. The number of aromatic hydroxyl groups is 1. The molecule has 186 valence electrons. The quantitative estimate of drug-likeness (QED) is 0.496. The van der Waals surface area contributed by atoms with Gasteiger partial charge in [0, 0.05) is 37.0 Å². The number of amides is 2. The minimum absolute atomic E-state index is 0.0203. The maximum absolute atomic E-state index is 13.9. The minimum atomic E-state index is -1.02. The van der Waals surface area contributed by atoms with Gasteiger partial charge in [0.05, 0.1) is 11.8 Å². The van der Waals surface area contributed by atoms with Crippen LogP contribution in [0.5, 0.6) is 5.75 Å². The Kier molecular flexibility index (Phi) is 6.60. The molecule has 2 aromatic rings. The third-order valence-corrected chi connectivity index (χ3v) is 6.31. The van der Waals surface area contributed by atoms with E-state index in [1.807, 2.05) is 6.92 Å². The molecule has 1 aromatic heterocycles. The number of nitrogens with zero attached hydrogens (tertiary/aromatic N) is 3. The van der Waals surface area contributed by atoms with Crippen molar-refractivity contribution in [2.45, 2.75) is 58.3 Å². The monoisotopic (exact) mass is 488 g/mol. The summed E-state index contributed by atoms with van der Waals surface area (Å²) in [4.78, 5) is 46.2. The number of fused-ring (bicyclic) bond motifs is 4. The average molecular weight is 488 g/mol. The van der Waals surface area contributed by atoms with Crippen molar-refractivity contribution in [1.82, 2.24) is 14.8 Å². The predicted molar refractivity (Wildman–Crippen MR) is 122 cm³/mol. The molecule has 1 saturated heterocycles. The molecule has 1 fully saturated rings. The van der Waals surface area contributed by atoms with E-state index in [-0.39, 0.29) is 30.4 Å². The molecule has 35 heavy (non-hydrogen) atoms. The van der Waals surface area contributed by atoms with Crippen molar-refractivity contribution in [3.8, 4) is 5.75 Å². The van der Waals surface area contributed by atoms with E-state index in [0.29, 0.717) is 24.6 Å². The third kappa shape index (κ3) is 4.62. The number of nitrogens with one attached hydrogen (secondary N) is 1. The van der Waals surface area contributed by atoms with Crippen molar-refractivity contribution in [2.24, 2.45) is 5.16 Å².